The van der Waals surface area contributed by atoms with E-state index in [-0.39, 0.29) is 43.3 Å². The maximum absolute atomic E-state index is 13.2. The Kier molecular flexibility index (Phi) is 15.3. The number of phenolic OH excluding ortho intramolecular Hbond substituents is 1. The molecule has 0 spiro atoms. The minimum absolute atomic E-state index is 0.0781. The second-order valence-corrected chi connectivity index (χ2v) is 9.28. The van der Waals surface area contributed by atoms with Crippen LogP contribution in [0, 0.1) is 0 Å². The van der Waals surface area contributed by atoms with Gasteiger partial charge in [-0.05, 0) is 62.8 Å². The van der Waals surface area contributed by atoms with E-state index in [4.69, 9.17) is 22.9 Å². The van der Waals surface area contributed by atoms with Crippen LogP contribution in [0.1, 0.15) is 37.7 Å². The van der Waals surface area contributed by atoms with Gasteiger partial charge in [-0.1, -0.05) is 12.1 Å². The summed E-state index contributed by atoms with van der Waals surface area (Å²) >= 11 is 3.94. The first kappa shape index (κ1) is 33.5. The summed E-state index contributed by atoms with van der Waals surface area (Å²) in [7, 11) is 0. The molecule has 0 bridgehead atoms. The van der Waals surface area contributed by atoms with Crippen molar-refractivity contribution >= 4 is 42.3 Å². The van der Waals surface area contributed by atoms with Gasteiger partial charge >= 0.3 is 5.97 Å². The number of carbonyl (C=O) groups is 4. The molecule has 218 valence electrons. The standard InChI is InChI=1S/C24H40N8O6S/c25-10-2-1-4-17(30-20(34)16(26)12-14-6-8-15(33)9-7-14)21(35)31-18(5-3-11-29-24(27)28)22(36)32-19(13-39)23(37)38/h6-9,16-19,33,39H,1-5,10-13,25-26H2,(H,30,34)(H,31,35)(H,32,36)(H,37,38)(H4,27,28,29). The molecule has 0 heterocycles. The van der Waals surface area contributed by atoms with E-state index in [0.717, 1.165) is 0 Å². The highest BCUT2D eigenvalue weighted by Crippen LogP contribution is 2.11. The molecule has 0 saturated carbocycles. The smallest absolute Gasteiger partial charge is 0.327 e. The molecule has 13 N–H and O–H groups in total. The lowest BCUT2D eigenvalue weighted by Gasteiger charge is -2.25. The van der Waals surface area contributed by atoms with E-state index in [2.05, 4.69) is 33.6 Å². The highest BCUT2D eigenvalue weighted by Gasteiger charge is 2.29. The summed E-state index contributed by atoms with van der Waals surface area (Å²) in [6, 6.07) is 1.81. The van der Waals surface area contributed by atoms with Gasteiger partial charge in [0.05, 0.1) is 6.04 Å². The monoisotopic (exact) mass is 568 g/mol. The molecule has 0 aliphatic carbocycles. The third-order valence-electron chi connectivity index (χ3n) is 5.68. The van der Waals surface area contributed by atoms with Crippen molar-refractivity contribution in [2.75, 3.05) is 18.8 Å². The number of nitrogens with two attached hydrogens (primary N) is 4. The number of hydrogen-bond acceptors (Lipinski definition) is 9. The van der Waals surface area contributed by atoms with Gasteiger partial charge in [0.2, 0.25) is 17.7 Å². The number of carboxylic acids is 1. The van der Waals surface area contributed by atoms with Crippen LogP contribution in [0.2, 0.25) is 0 Å². The van der Waals surface area contributed by atoms with Crippen LogP contribution in [-0.4, -0.2) is 82.9 Å². The Hall–Kier alpha value is -3.56. The fourth-order valence-corrected chi connectivity index (χ4v) is 3.77. The maximum Gasteiger partial charge on any atom is 0.327 e. The summed E-state index contributed by atoms with van der Waals surface area (Å²) in [4.78, 5) is 54.1. The molecule has 14 nitrogen and oxygen atoms in total. The van der Waals surface area contributed by atoms with Crippen LogP contribution < -0.4 is 38.9 Å². The topological polar surface area (TPSA) is 261 Å². The van der Waals surface area contributed by atoms with Gasteiger partial charge in [-0.15, -0.1) is 0 Å². The van der Waals surface area contributed by atoms with Gasteiger partial charge in [-0.25, -0.2) is 4.79 Å². The molecule has 0 aliphatic heterocycles. The van der Waals surface area contributed by atoms with E-state index in [0.29, 0.717) is 31.4 Å². The van der Waals surface area contributed by atoms with E-state index in [1.165, 1.54) is 12.1 Å². The zero-order chi connectivity index (χ0) is 29.4. The van der Waals surface area contributed by atoms with E-state index in [1.807, 2.05) is 0 Å². The molecule has 0 aliphatic rings. The summed E-state index contributed by atoms with van der Waals surface area (Å²) in [5, 5.41) is 26.3. The first-order valence-corrected chi connectivity index (χ1v) is 13.1. The quantitative estimate of drug-likeness (QED) is 0.0399. The molecule has 0 radical (unpaired) electrons. The molecule has 1 aromatic rings. The first-order chi connectivity index (χ1) is 18.5. The fourth-order valence-electron chi connectivity index (χ4n) is 3.52. The Morgan fingerprint density at radius 2 is 1.41 bits per heavy atom. The zero-order valence-electron chi connectivity index (χ0n) is 21.7. The number of unbranched alkanes of at least 4 members (excludes halogenated alkanes) is 1. The van der Waals surface area contributed by atoms with Crippen LogP contribution >= 0.6 is 12.6 Å². The Balaban J connectivity index is 2.99. The van der Waals surface area contributed by atoms with Gasteiger partial charge in [0.15, 0.2) is 5.96 Å². The minimum atomic E-state index is -1.28. The molecule has 4 unspecified atom stereocenters. The number of carboxylic acid groups (broad SMARTS) is 1. The van der Waals surface area contributed by atoms with Crippen molar-refractivity contribution in [3.8, 4) is 5.75 Å². The summed E-state index contributed by atoms with van der Waals surface area (Å²) in [6.07, 6.45) is 1.92. The average Bonchev–Trinajstić information content (AvgIpc) is 2.88. The summed E-state index contributed by atoms with van der Waals surface area (Å²) < 4.78 is 0. The molecule has 0 fully saturated rings. The van der Waals surface area contributed by atoms with Crippen LogP contribution in [-0.2, 0) is 25.6 Å². The number of nitrogens with zero attached hydrogens (tertiary/aromatic N) is 1. The summed E-state index contributed by atoms with van der Waals surface area (Å²) in [6.45, 7) is 0.568. The second-order valence-electron chi connectivity index (χ2n) is 8.91. The number of guanidine groups is 1. The molecule has 39 heavy (non-hydrogen) atoms. The lowest BCUT2D eigenvalue weighted by atomic mass is 10.0. The lowest BCUT2D eigenvalue weighted by Crippen LogP contribution is -2.57. The predicted molar refractivity (Wildman–Crippen MR) is 150 cm³/mol. The van der Waals surface area contributed by atoms with Crippen LogP contribution in [0.4, 0.5) is 0 Å². The number of phenols is 1. The average molecular weight is 569 g/mol. The number of thiol groups is 1. The predicted octanol–water partition coefficient (Wildman–Crippen LogP) is -2.09. The molecule has 1 rings (SSSR count). The lowest BCUT2D eigenvalue weighted by molar-refractivity contribution is -0.141. The highest BCUT2D eigenvalue weighted by molar-refractivity contribution is 7.80. The number of rotatable bonds is 18. The summed E-state index contributed by atoms with van der Waals surface area (Å²) in [5.74, 6) is -3.44. The van der Waals surface area contributed by atoms with E-state index >= 15 is 0 Å². The van der Waals surface area contributed by atoms with E-state index < -0.39 is 47.9 Å². The van der Waals surface area contributed by atoms with Crippen LogP contribution in [0.3, 0.4) is 0 Å². The Bertz CT molecular complexity index is 974. The van der Waals surface area contributed by atoms with E-state index in [1.54, 1.807) is 12.1 Å². The normalized spacial score (nSPS) is 13.8. The Labute approximate surface area is 232 Å². The van der Waals surface area contributed by atoms with Gasteiger partial charge < -0.3 is 49.1 Å². The van der Waals surface area contributed by atoms with E-state index in [9.17, 15) is 29.4 Å². The molecule has 3 amide bonds. The van der Waals surface area contributed by atoms with Gasteiger partial charge in [0.1, 0.15) is 23.9 Å². The summed E-state index contributed by atoms with van der Waals surface area (Å²) in [5.41, 5.74) is 23.0. The van der Waals surface area contributed by atoms with Crippen molar-refractivity contribution in [2.45, 2.75) is 62.7 Å². The molecule has 0 aromatic heterocycles. The van der Waals surface area contributed by atoms with Crippen LogP contribution in [0.15, 0.2) is 29.3 Å². The number of benzene rings is 1. The van der Waals surface area contributed by atoms with Gasteiger partial charge in [-0.3, -0.25) is 19.4 Å². The SMILES string of the molecule is NCCCCC(NC(=O)C(N)Cc1ccc(O)cc1)C(=O)NC(CCCN=C(N)N)C(=O)NC(CS)C(=O)O. The minimum Gasteiger partial charge on any atom is -0.508 e. The van der Waals surface area contributed by atoms with Gasteiger partial charge in [0, 0.05) is 12.3 Å². The largest absolute Gasteiger partial charge is 0.508 e. The zero-order valence-corrected chi connectivity index (χ0v) is 22.6. The maximum atomic E-state index is 13.2. The molecule has 4 atom stereocenters. The number of aliphatic carboxylic acids is 1. The second kappa shape index (κ2) is 17.9. The number of aliphatic imine (C=N–C) groups is 1. The molecule has 0 saturated heterocycles. The number of nitrogens with one attached hydrogen (secondary N) is 3. The van der Waals surface area contributed by atoms with Crippen LogP contribution in [0.5, 0.6) is 5.75 Å². The Morgan fingerprint density at radius 1 is 0.872 bits per heavy atom. The first-order valence-electron chi connectivity index (χ1n) is 12.5. The van der Waals surface area contributed by atoms with Crippen molar-refractivity contribution in [1.82, 2.24) is 16.0 Å². The number of aromatic hydroxyl groups is 1. The number of amides is 3. The fraction of sp³-hybridized carbons (Fsp3) is 0.542. The van der Waals surface area contributed by atoms with Gasteiger partial charge in [-0.2, -0.15) is 12.6 Å². The van der Waals surface area contributed by atoms with Gasteiger partial charge in [0.25, 0.3) is 0 Å². The van der Waals surface area contributed by atoms with Crippen molar-refractivity contribution in [2.24, 2.45) is 27.9 Å². The molecular formula is C24H40N8O6S. The van der Waals surface area contributed by atoms with Crippen molar-refractivity contribution in [3.63, 3.8) is 0 Å². The number of hydrogen-bond donors (Lipinski definition) is 10. The molecule has 15 heteroatoms. The van der Waals surface area contributed by atoms with Crippen molar-refractivity contribution in [1.29, 1.82) is 0 Å². The molecule has 1 aromatic carbocycles. The van der Waals surface area contributed by atoms with Crippen molar-refractivity contribution < 1.29 is 29.4 Å². The third kappa shape index (κ3) is 13.2. The van der Waals surface area contributed by atoms with Crippen molar-refractivity contribution in [3.05, 3.63) is 29.8 Å². The molecular weight excluding hydrogens is 528 g/mol. The third-order valence-corrected chi connectivity index (χ3v) is 6.05. The highest BCUT2D eigenvalue weighted by atomic mass is 32.1. The number of carbonyl (C=O) groups excluding carboxylic acids is 3. The van der Waals surface area contributed by atoms with Crippen LogP contribution in [0.25, 0.3) is 0 Å². The Morgan fingerprint density at radius 3 is 1.92 bits per heavy atom.